The third kappa shape index (κ3) is 3.91. The molecular weight excluding hydrogens is 440 g/mol. The van der Waals surface area contributed by atoms with E-state index >= 15 is 0 Å². The number of ketones is 1. The van der Waals surface area contributed by atoms with Crippen LogP contribution >= 0.6 is 11.6 Å². The maximum absolute atomic E-state index is 13.5. The smallest absolute Gasteiger partial charge is 0.251 e. The standard InChI is InChI=1S/C26H23ClN2O4/c1-3-32-24-13-10-17(14-20(24)27)21-15-22-19-6-4-5-7-23(19)33-26(29(22)28-21)25(30)16-8-11-18(31-2)12-9-16/h4-14,22,26H,3,15H2,1-2H3/t22-,26-/m0/s1. The minimum Gasteiger partial charge on any atom is -0.497 e. The van der Waals surface area contributed by atoms with Crippen LogP contribution in [0.1, 0.15) is 40.9 Å². The van der Waals surface area contributed by atoms with Gasteiger partial charge in [0, 0.05) is 17.5 Å². The number of carbonyl (C=O) groups is 1. The number of hydrazone groups is 1. The Morgan fingerprint density at radius 3 is 2.67 bits per heavy atom. The van der Waals surface area contributed by atoms with Gasteiger partial charge >= 0.3 is 0 Å². The van der Waals surface area contributed by atoms with E-state index in [4.69, 9.17) is 30.9 Å². The summed E-state index contributed by atoms with van der Waals surface area (Å²) in [7, 11) is 1.59. The predicted molar refractivity (Wildman–Crippen MR) is 127 cm³/mol. The number of hydrogen-bond donors (Lipinski definition) is 0. The van der Waals surface area contributed by atoms with Crippen LogP contribution in [0.5, 0.6) is 17.2 Å². The molecule has 7 heteroatoms. The summed E-state index contributed by atoms with van der Waals surface area (Å²) in [6.45, 7) is 2.46. The lowest BCUT2D eigenvalue weighted by atomic mass is 9.95. The minimum atomic E-state index is -0.867. The van der Waals surface area contributed by atoms with E-state index in [0.717, 1.165) is 16.8 Å². The van der Waals surface area contributed by atoms with Gasteiger partial charge in [0.25, 0.3) is 6.23 Å². The zero-order valence-corrected chi connectivity index (χ0v) is 19.1. The zero-order chi connectivity index (χ0) is 22.9. The second-order valence-corrected chi connectivity index (χ2v) is 8.23. The second-order valence-electron chi connectivity index (χ2n) is 7.83. The fourth-order valence-corrected chi connectivity index (χ4v) is 4.47. The Bertz CT molecular complexity index is 1230. The Hall–Kier alpha value is -3.51. The summed E-state index contributed by atoms with van der Waals surface area (Å²) >= 11 is 6.42. The summed E-state index contributed by atoms with van der Waals surface area (Å²) in [6, 6.07) is 20.4. The molecule has 6 nitrogen and oxygen atoms in total. The van der Waals surface area contributed by atoms with Gasteiger partial charge in [-0.25, -0.2) is 5.01 Å². The highest BCUT2D eigenvalue weighted by Gasteiger charge is 2.43. The SMILES string of the molecule is CCOc1ccc(C2=NN3[C@H](C(=O)c4ccc(OC)cc4)Oc4ccccc4[C@@H]3C2)cc1Cl. The maximum Gasteiger partial charge on any atom is 0.251 e. The summed E-state index contributed by atoms with van der Waals surface area (Å²) in [5.74, 6) is 1.87. The van der Waals surface area contributed by atoms with E-state index in [1.54, 1.807) is 36.4 Å². The number of rotatable bonds is 6. The summed E-state index contributed by atoms with van der Waals surface area (Å²) in [5.41, 5.74) is 3.28. The quantitative estimate of drug-likeness (QED) is 0.453. The van der Waals surface area contributed by atoms with Gasteiger partial charge in [-0.15, -0.1) is 0 Å². The van der Waals surface area contributed by atoms with Crippen molar-refractivity contribution >= 4 is 23.1 Å². The first-order chi connectivity index (χ1) is 16.1. The Labute approximate surface area is 197 Å². The van der Waals surface area contributed by atoms with E-state index in [0.29, 0.717) is 40.9 Å². The molecule has 5 rings (SSSR count). The van der Waals surface area contributed by atoms with Crippen molar-refractivity contribution in [1.82, 2.24) is 5.01 Å². The van der Waals surface area contributed by atoms with Crippen molar-refractivity contribution in [2.75, 3.05) is 13.7 Å². The molecule has 3 aromatic rings. The molecule has 0 saturated heterocycles. The molecule has 0 fully saturated rings. The molecule has 0 amide bonds. The summed E-state index contributed by atoms with van der Waals surface area (Å²) in [5, 5.41) is 7.14. The molecule has 33 heavy (non-hydrogen) atoms. The number of Topliss-reactive ketones (excluding diaryl/α,β-unsaturated/α-hetero) is 1. The van der Waals surface area contributed by atoms with Crippen LogP contribution in [-0.4, -0.2) is 36.4 Å². The highest BCUT2D eigenvalue weighted by atomic mass is 35.5. The number of fused-ring (bicyclic) bond motifs is 3. The van der Waals surface area contributed by atoms with Gasteiger partial charge in [0.15, 0.2) is 0 Å². The second kappa shape index (κ2) is 8.79. The summed E-state index contributed by atoms with van der Waals surface area (Å²) in [6.07, 6.45) is -0.231. The van der Waals surface area contributed by atoms with Crippen LogP contribution in [0.4, 0.5) is 0 Å². The Morgan fingerprint density at radius 2 is 1.94 bits per heavy atom. The van der Waals surface area contributed by atoms with Crippen molar-refractivity contribution in [3.05, 3.63) is 88.4 Å². The van der Waals surface area contributed by atoms with Crippen LogP contribution in [-0.2, 0) is 0 Å². The Morgan fingerprint density at radius 1 is 1.15 bits per heavy atom. The molecule has 0 N–H and O–H groups in total. The molecule has 2 heterocycles. The van der Waals surface area contributed by atoms with Crippen molar-refractivity contribution < 1.29 is 19.0 Å². The Kier molecular flexibility index (Phi) is 5.68. The van der Waals surface area contributed by atoms with E-state index in [1.807, 2.05) is 49.4 Å². The lowest BCUT2D eigenvalue weighted by molar-refractivity contribution is -0.00455. The van der Waals surface area contributed by atoms with Gasteiger partial charge in [-0.3, -0.25) is 4.79 Å². The van der Waals surface area contributed by atoms with Gasteiger partial charge in [-0.2, -0.15) is 5.10 Å². The van der Waals surface area contributed by atoms with E-state index in [9.17, 15) is 4.79 Å². The largest absolute Gasteiger partial charge is 0.497 e. The van der Waals surface area contributed by atoms with E-state index in [1.165, 1.54) is 0 Å². The third-order valence-electron chi connectivity index (χ3n) is 5.86. The number of carbonyl (C=O) groups excluding carboxylic acids is 1. The molecule has 168 valence electrons. The molecule has 0 radical (unpaired) electrons. The van der Waals surface area contributed by atoms with Crippen molar-refractivity contribution in [3.8, 4) is 17.2 Å². The van der Waals surface area contributed by atoms with Crippen LogP contribution in [0.3, 0.4) is 0 Å². The molecule has 0 unspecified atom stereocenters. The number of nitrogens with zero attached hydrogens (tertiary/aromatic N) is 2. The fraction of sp³-hybridized carbons (Fsp3) is 0.231. The molecule has 0 spiro atoms. The molecule has 0 aliphatic carbocycles. The first-order valence-electron chi connectivity index (χ1n) is 10.8. The Balaban J connectivity index is 1.51. The van der Waals surface area contributed by atoms with Gasteiger partial charge in [-0.05, 0) is 61.0 Å². The lowest BCUT2D eigenvalue weighted by Crippen LogP contribution is -2.45. The fourth-order valence-electron chi connectivity index (χ4n) is 4.23. The predicted octanol–water partition coefficient (Wildman–Crippen LogP) is 5.50. The van der Waals surface area contributed by atoms with Crippen LogP contribution in [0.25, 0.3) is 0 Å². The summed E-state index contributed by atoms with van der Waals surface area (Å²) in [4.78, 5) is 13.5. The van der Waals surface area contributed by atoms with Crippen LogP contribution in [0, 0.1) is 0 Å². The van der Waals surface area contributed by atoms with Gasteiger partial charge in [-0.1, -0.05) is 29.8 Å². The van der Waals surface area contributed by atoms with Gasteiger partial charge in [0.2, 0.25) is 5.78 Å². The molecule has 2 aliphatic rings. The molecule has 2 atom stereocenters. The van der Waals surface area contributed by atoms with Gasteiger partial charge in [0.1, 0.15) is 17.2 Å². The number of halogens is 1. The number of methoxy groups -OCH3 is 1. The average molecular weight is 463 g/mol. The normalized spacial score (nSPS) is 18.6. The first kappa shape index (κ1) is 21.3. The molecule has 0 aromatic heterocycles. The highest BCUT2D eigenvalue weighted by Crippen LogP contribution is 2.44. The molecule has 0 bridgehead atoms. The molecule has 3 aromatic carbocycles. The minimum absolute atomic E-state index is 0.109. The van der Waals surface area contributed by atoms with Crippen LogP contribution in [0.2, 0.25) is 5.02 Å². The van der Waals surface area contributed by atoms with E-state index < -0.39 is 6.23 Å². The lowest BCUT2D eigenvalue weighted by Gasteiger charge is -2.37. The summed E-state index contributed by atoms with van der Waals surface area (Å²) < 4.78 is 16.9. The van der Waals surface area contributed by atoms with Crippen molar-refractivity contribution in [2.45, 2.75) is 25.6 Å². The van der Waals surface area contributed by atoms with Crippen molar-refractivity contribution in [3.63, 3.8) is 0 Å². The first-order valence-corrected chi connectivity index (χ1v) is 11.2. The number of benzene rings is 3. The van der Waals surface area contributed by atoms with Crippen molar-refractivity contribution in [2.24, 2.45) is 5.10 Å². The number of ether oxygens (including phenoxy) is 3. The highest BCUT2D eigenvalue weighted by molar-refractivity contribution is 6.32. The molecular formula is C26H23ClN2O4. The number of para-hydroxylation sites is 1. The maximum atomic E-state index is 13.5. The average Bonchev–Trinajstić information content (AvgIpc) is 3.30. The molecule has 2 aliphatic heterocycles. The van der Waals surface area contributed by atoms with Gasteiger partial charge < -0.3 is 14.2 Å². The van der Waals surface area contributed by atoms with Crippen LogP contribution < -0.4 is 14.2 Å². The van der Waals surface area contributed by atoms with Crippen molar-refractivity contribution in [1.29, 1.82) is 0 Å². The third-order valence-corrected chi connectivity index (χ3v) is 6.16. The number of hydrogen-bond acceptors (Lipinski definition) is 6. The van der Waals surface area contributed by atoms with E-state index in [2.05, 4.69) is 0 Å². The van der Waals surface area contributed by atoms with Gasteiger partial charge in [0.05, 0.1) is 30.5 Å². The monoisotopic (exact) mass is 462 g/mol. The van der Waals surface area contributed by atoms with Crippen LogP contribution in [0.15, 0.2) is 71.8 Å². The topological polar surface area (TPSA) is 60.4 Å². The zero-order valence-electron chi connectivity index (χ0n) is 18.3. The van der Waals surface area contributed by atoms with E-state index in [-0.39, 0.29) is 11.8 Å². The molecule has 0 saturated carbocycles.